The lowest BCUT2D eigenvalue weighted by molar-refractivity contribution is 0.108. The van der Waals surface area contributed by atoms with Gasteiger partial charge in [-0.15, -0.1) is 12.4 Å². The maximum absolute atomic E-state index is 8.98. The number of rotatable bonds is 1. The Labute approximate surface area is 66.8 Å². The van der Waals surface area contributed by atoms with Crippen molar-refractivity contribution in [3.05, 3.63) is 0 Å². The van der Waals surface area contributed by atoms with Crippen LogP contribution in [0.1, 0.15) is 12.8 Å². The van der Waals surface area contributed by atoms with Crippen molar-refractivity contribution >= 4 is 12.4 Å². The van der Waals surface area contributed by atoms with Gasteiger partial charge in [0, 0.05) is 12.6 Å². The molecule has 0 aromatic rings. The lowest BCUT2D eigenvalue weighted by atomic mass is 10.0. The first-order valence-corrected chi connectivity index (χ1v) is 3.35. The van der Waals surface area contributed by atoms with Crippen LogP contribution in [0.5, 0.6) is 0 Å². The number of hydrogen-bond acceptors (Lipinski definition) is 3. The molecule has 0 aromatic heterocycles. The van der Waals surface area contributed by atoms with Crippen molar-refractivity contribution in [2.24, 2.45) is 0 Å². The van der Waals surface area contributed by atoms with Crippen LogP contribution in [-0.4, -0.2) is 35.5 Å². The second-order valence-electron chi connectivity index (χ2n) is 2.52. The Morgan fingerprint density at radius 3 is 2.50 bits per heavy atom. The molecule has 10 heavy (non-hydrogen) atoms. The molecular formula is C6H14ClNO2. The topological polar surface area (TPSA) is 52.5 Å². The molecule has 0 aromatic carbocycles. The van der Waals surface area contributed by atoms with Gasteiger partial charge < -0.3 is 15.5 Å². The second-order valence-corrected chi connectivity index (χ2v) is 2.52. The number of piperidine rings is 1. The van der Waals surface area contributed by atoms with Gasteiger partial charge in [-0.05, 0) is 12.8 Å². The van der Waals surface area contributed by atoms with Crippen LogP contribution in [0, 0.1) is 0 Å². The maximum atomic E-state index is 8.98. The maximum Gasteiger partial charge on any atom is 0.0665 e. The molecule has 0 spiro atoms. The van der Waals surface area contributed by atoms with Gasteiger partial charge in [0.25, 0.3) is 0 Å². The fourth-order valence-electron chi connectivity index (χ4n) is 1.06. The summed E-state index contributed by atoms with van der Waals surface area (Å²) >= 11 is 0. The smallest absolute Gasteiger partial charge is 0.0665 e. The molecule has 2 atom stereocenters. The Morgan fingerprint density at radius 1 is 1.40 bits per heavy atom. The summed E-state index contributed by atoms with van der Waals surface area (Å²) in [7, 11) is 0. The molecule has 1 heterocycles. The SMILES string of the molecule is Cl.OC[C@@H]1CC[C@H](O)CN1. The normalized spacial score (nSPS) is 33.0. The minimum Gasteiger partial charge on any atom is -0.395 e. The van der Waals surface area contributed by atoms with Crippen molar-refractivity contribution < 1.29 is 10.2 Å². The zero-order chi connectivity index (χ0) is 6.69. The first-order chi connectivity index (χ1) is 4.33. The molecule has 1 saturated heterocycles. The summed E-state index contributed by atoms with van der Waals surface area (Å²) in [5, 5.41) is 20.6. The minimum atomic E-state index is -0.201. The van der Waals surface area contributed by atoms with Crippen molar-refractivity contribution in [2.75, 3.05) is 13.2 Å². The van der Waals surface area contributed by atoms with E-state index in [4.69, 9.17) is 10.2 Å². The number of β-amino-alcohol motifs (C(OH)–C–C–N with tert-alkyl or cyclic N) is 1. The van der Waals surface area contributed by atoms with Crippen molar-refractivity contribution in [1.82, 2.24) is 5.32 Å². The highest BCUT2D eigenvalue weighted by atomic mass is 35.5. The zero-order valence-electron chi connectivity index (χ0n) is 5.79. The second kappa shape index (κ2) is 4.91. The van der Waals surface area contributed by atoms with Crippen molar-refractivity contribution in [2.45, 2.75) is 25.0 Å². The molecule has 1 fully saturated rings. The molecule has 3 N–H and O–H groups in total. The highest BCUT2D eigenvalue weighted by molar-refractivity contribution is 5.85. The van der Waals surface area contributed by atoms with Crippen molar-refractivity contribution in [3.8, 4) is 0 Å². The van der Waals surface area contributed by atoms with Gasteiger partial charge in [-0.1, -0.05) is 0 Å². The largest absolute Gasteiger partial charge is 0.395 e. The third-order valence-corrected chi connectivity index (χ3v) is 1.71. The van der Waals surface area contributed by atoms with Crippen LogP contribution in [-0.2, 0) is 0 Å². The monoisotopic (exact) mass is 167 g/mol. The van der Waals surface area contributed by atoms with Gasteiger partial charge >= 0.3 is 0 Å². The van der Waals surface area contributed by atoms with Crippen LogP contribution in [0.2, 0.25) is 0 Å². The molecule has 1 aliphatic rings. The van der Waals surface area contributed by atoms with E-state index >= 15 is 0 Å². The van der Waals surface area contributed by atoms with E-state index in [9.17, 15) is 0 Å². The molecular weight excluding hydrogens is 154 g/mol. The summed E-state index contributed by atoms with van der Waals surface area (Å²) in [5.74, 6) is 0. The molecule has 3 nitrogen and oxygen atoms in total. The number of aliphatic hydroxyl groups excluding tert-OH is 2. The zero-order valence-corrected chi connectivity index (χ0v) is 6.60. The van der Waals surface area contributed by atoms with Crippen molar-refractivity contribution in [3.63, 3.8) is 0 Å². The highest BCUT2D eigenvalue weighted by Gasteiger charge is 2.16. The van der Waals surface area contributed by atoms with Gasteiger partial charge in [-0.3, -0.25) is 0 Å². The van der Waals surface area contributed by atoms with Crippen molar-refractivity contribution in [1.29, 1.82) is 0 Å². The van der Waals surface area contributed by atoms with Crippen LogP contribution >= 0.6 is 12.4 Å². The Morgan fingerprint density at radius 2 is 2.10 bits per heavy atom. The van der Waals surface area contributed by atoms with Gasteiger partial charge in [-0.2, -0.15) is 0 Å². The molecule has 0 bridgehead atoms. The standard InChI is InChI=1S/C6H13NO2.ClH/c8-4-5-1-2-6(9)3-7-5;/h5-9H,1-4H2;1H/t5-,6-;/m0./s1. The molecule has 0 saturated carbocycles. The minimum absolute atomic E-state index is 0. The van der Waals surface area contributed by atoms with E-state index in [1.165, 1.54) is 0 Å². The lowest BCUT2D eigenvalue weighted by Gasteiger charge is -2.25. The van der Waals surface area contributed by atoms with Gasteiger partial charge in [0.05, 0.1) is 12.7 Å². The van der Waals surface area contributed by atoms with E-state index in [2.05, 4.69) is 5.32 Å². The van der Waals surface area contributed by atoms with Gasteiger partial charge in [0.1, 0.15) is 0 Å². The molecule has 0 amide bonds. The predicted octanol–water partition coefficient (Wildman–Crippen LogP) is -0.487. The third-order valence-electron chi connectivity index (χ3n) is 1.71. The van der Waals surface area contributed by atoms with E-state index in [0.717, 1.165) is 12.8 Å². The van der Waals surface area contributed by atoms with E-state index in [1.54, 1.807) is 0 Å². The number of nitrogens with one attached hydrogen (secondary N) is 1. The first kappa shape index (κ1) is 10.2. The fraction of sp³-hybridized carbons (Fsp3) is 1.00. The molecule has 0 unspecified atom stereocenters. The average molecular weight is 168 g/mol. The lowest BCUT2D eigenvalue weighted by Crippen LogP contribution is -2.43. The summed E-state index contributed by atoms with van der Waals surface area (Å²) < 4.78 is 0. The number of halogens is 1. The molecule has 62 valence electrons. The first-order valence-electron chi connectivity index (χ1n) is 3.35. The molecule has 0 aliphatic carbocycles. The summed E-state index contributed by atoms with van der Waals surface area (Å²) in [4.78, 5) is 0. The van der Waals surface area contributed by atoms with Crippen LogP contribution in [0.4, 0.5) is 0 Å². The average Bonchev–Trinajstić information content (AvgIpc) is 1.90. The molecule has 1 rings (SSSR count). The number of aliphatic hydroxyl groups is 2. The molecule has 0 radical (unpaired) electrons. The van der Waals surface area contributed by atoms with Gasteiger partial charge in [-0.25, -0.2) is 0 Å². The summed E-state index contributed by atoms with van der Waals surface area (Å²) in [6.07, 6.45) is 1.50. The summed E-state index contributed by atoms with van der Waals surface area (Å²) in [6.45, 7) is 0.817. The molecule has 1 aliphatic heterocycles. The van der Waals surface area contributed by atoms with E-state index in [-0.39, 0.29) is 31.2 Å². The predicted molar refractivity (Wildman–Crippen MR) is 41.4 cm³/mol. The highest BCUT2D eigenvalue weighted by Crippen LogP contribution is 2.06. The number of hydrogen-bond donors (Lipinski definition) is 3. The van der Waals surface area contributed by atoms with E-state index < -0.39 is 0 Å². The van der Waals surface area contributed by atoms with Crippen LogP contribution in [0.25, 0.3) is 0 Å². The van der Waals surface area contributed by atoms with Gasteiger partial charge in [0.2, 0.25) is 0 Å². The summed E-state index contributed by atoms with van der Waals surface area (Å²) in [5.41, 5.74) is 0. The molecule has 4 heteroatoms. The third kappa shape index (κ3) is 2.84. The summed E-state index contributed by atoms with van der Waals surface area (Å²) in [6, 6.07) is 0.216. The van der Waals surface area contributed by atoms with E-state index in [1.807, 2.05) is 0 Å². The van der Waals surface area contributed by atoms with Gasteiger partial charge in [0.15, 0.2) is 0 Å². The Hall–Kier alpha value is 0.170. The quantitative estimate of drug-likeness (QED) is 0.494. The Balaban J connectivity index is 0.000000810. The van der Waals surface area contributed by atoms with Crippen LogP contribution in [0.3, 0.4) is 0 Å². The Kier molecular flexibility index (Phi) is 4.99. The fourth-order valence-corrected chi connectivity index (χ4v) is 1.06. The van der Waals surface area contributed by atoms with Crippen LogP contribution in [0.15, 0.2) is 0 Å². The van der Waals surface area contributed by atoms with Crippen LogP contribution < -0.4 is 5.32 Å². The van der Waals surface area contributed by atoms with E-state index in [0.29, 0.717) is 6.54 Å². The Bertz CT molecular complexity index is 83.8.